The number of likely N-dealkylation sites (tertiary alicyclic amines) is 1. The van der Waals surface area contributed by atoms with Gasteiger partial charge in [-0.05, 0) is 31.4 Å². The highest BCUT2D eigenvalue weighted by molar-refractivity contribution is 7.18. The first kappa shape index (κ1) is 18.8. The molecule has 2 atom stereocenters. The van der Waals surface area contributed by atoms with E-state index in [0.717, 1.165) is 44.3 Å². The Morgan fingerprint density at radius 2 is 2.19 bits per heavy atom. The molecule has 6 nitrogen and oxygen atoms in total. The number of thiazole rings is 1. The molecule has 0 bridgehead atoms. The highest BCUT2D eigenvalue weighted by Gasteiger charge is 2.28. The summed E-state index contributed by atoms with van der Waals surface area (Å²) in [5.41, 5.74) is 1.06. The summed E-state index contributed by atoms with van der Waals surface area (Å²) in [6.07, 6.45) is 4.12. The summed E-state index contributed by atoms with van der Waals surface area (Å²) in [5.74, 6) is 0.182. The fraction of sp³-hybridized carbons (Fsp3) is 0.526. The van der Waals surface area contributed by atoms with Crippen molar-refractivity contribution in [2.75, 3.05) is 26.2 Å². The van der Waals surface area contributed by atoms with E-state index in [9.17, 15) is 9.59 Å². The average molecular weight is 376 g/mol. The summed E-state index contributed by atoms with van der Waals surface area (Å²) in [5, 5.41) is 6.32. The molecule has 26 heavy (non-hydrogen) atoms. The van der Waals surface area contributed by atoms with Gasteiger partial charge in [-0.15, -0.1) is 11.3 Å². The number of fused-ring (bicyclic) bond motifs is 1. The number of amides is 3. The predicted molar refractivity (Wildman–Crippen MR) is 104 cm³/mol. The first-order valence-corrected chi connectivity index (χ1v) is 10.2. The summed E-state index contributed by atoms with van der Waals surface area (Å²) in [4.78, 5) is 29.8. The quantitative estimate of drug-likeness (QED) is 0.673. The van der Waals surface area contributed by atoms with Crippen molar-refractivity contribution in [1.82, 2.24) is 15.6 Å². The molecule has 7 heteroatoms. The molecule has 3 rings (SSSR count). The molecule has 0 saturated carbocycles. The Kier molecular flexibility index (Phi) is 6.57. The Morgan fingerprint density at radius 1 is 1.35 bits per heavy atom. The second-order valence-corrected chi connectivity index (χ2v) is 7.96. The van der Waals surface area contributed by atoms with Crippen molar-refractivity contribution < 1.29 is 14.5 Å². The Balaban J connectivity index is 1.51. The number of nitrogens with zero attached hydrogens (tertiary/aromatic N) is 1. The smallest absolute Gasteiger partial charge is 0.321 e. The third kappa shape index (κ3) is 5.02. The number of para-hydroxylation sites is 1. The van der Waals surface area contributed by atoms with Crippen LogP contribution in [-0.2, 0) is 4.79 Å². The predicted octanol–water partition coefficient (Wildman–Crippen LogP) is 1.68. The number of aromatic nitrogens is 1. The molecule has 3 N–H and O–H groups in total. The Bertz CT molecular complexity index is 728. The molecule has 1 aliphatic heterocycles. The number of hydrogen-bond acceptors (Lipinski definition) is 4. The number of carbonyl (C=O) groups is 2. The van der Waals surface area contributed by atoms with Crippen molar-refractivity contribution in [2.45, 2.75) is 38.5 Å². The average Bonchev–Trinajstić information content (AvgIpc) is 3.06. The lowest BCUT2D eigenvalue weighted by Crippen LogP contribution is -3.14. The third-order valence-electron chi connectivity index (χ3n) is 4.76. The molecule has 2 heterocycles. The molecule has 1 aliphatic rings. The van der Waals surface area contributed by atoms with E-state index in [2.05, 4.69) is 23.6 Å². The SMILES string of the molecule is CCCCNC(=O)NC(=O)C[NH+]1CCC[C@@H](c2nc3ccccc3s2)C1. The number of urea groups is 1. The van der Waals surface area contributed by atoms with Gasteiger partial charge in [-0.25, -0.2) is 9.78 Å². The van der Waals surface area contributed by atoms with Crippen molar-refractivity contribution in [3.8, 4) is 0 Å². The van der Waals surface area contributed by atoms with E-state index >= 15 is 0 Å². The third-order valence-corrected chi connectivity index (χ3v) is 5.96. The highest BCUT2D eigenvalue weighted by atomic mass is 32.1. The van der Waals surface area contributed by atoms with Gasteiger partial charge in [0.05, 0.1) is 29.2 Å². The molecule has 1 aromatic carbocycles. The van der Waals surface area contributed by atoms with E-state index in [0.29, 0.717) is 19.0 Å². The Hall–Kier alpha value is -1.99. The van der Waals surface area contributed by atoms with Crippen molar-refractivity contribution in [3.05, 3.63) is 29.3 Å². The van der Waals surface area contributed by atoms with Crippen LogP contribution in [-0.4, -0.2) is 43.1 Å². The molecular weight excluding hydrogens is 348 g/mol. The standard InChI is InChI=1S/C19H26N4O2S/c1-2-3-10-20-19(25)22-17(24)13-23-11-6-7-14(12-23)18-21-15-8-4-5-9-16(15)26-18/h4-5,8-9,14H,2-3,6-7,10-13H2,1H3,(H2,20,22,24,25)/p+1/t14-/m1/s1. The Morgan fingerprint density at radius 3 is 3.00 bits per heavy atom. The maximum absolute atomic E-state index is 12.1. The van der Waals surface area contributed by atoms with Crippen LogP contribution in [0.3, 0.4) is 0 Å². The van der Waals surface area contributed by atoms with Crippen molar-refractivity contribution >= 4 is 33.5 Å². The summed E-state index contributed by atoms with van der Waals surface area (Å²) in [6, 6.07) is 7.82. The van der Waals surface area contributed by atoms with E-state index in [4.69, 9.17) is 4.98 Å². The lowest BCUT2D eigenvalue weighted by Gasteiger charge is -2.28. The molecule has 0 aliphatic carbocycles. The van der Waals surface area contributed by atoms with Crippen LogP contribution >= 0.6 is 11.3 Å². The van der Waals surface area contributed by atoms with Crippen LogP contribution in [0.15, 0.2) is 24.3 Å². The first-order chi connectivity index (χ1) is 12.7. The minimum absolute atomic E-state index is 0.209. The van der Waals surface area contributed by atoms with Gasteiger partial charge in [0, 0.05) is 6.54 Å². The first-order valence-electron chi connectivity index (χ1n) is 9.42. The van der Waals surface area contributed by atoms with E-state index in [1.807, 2.05) is 18.2 Å². The molecule has 1 fully saturated rings. The van der Waals surface area contributed by atoms with E-state index in [1.54, 1.807) is 11.3 Å². The lowest BCUT2D eigenvalue weighted by atomic mass is 9.99. The second kappa shape index (κ2) is 9.09. The summed E-state index contributed by atoms with van der Waals surface area (Å²) in [7, 11) is 0. The number of hydrogen-bond donors (Lipinski definition) is 3. The molecule has 0 radical (unpaired) electrons. The van der Waals surface area contributed by atoms with Crippen LogP contribution in [0, 0.1) is 0 Å². The van der Waals surface area contributed by atoms with Crippen LogP contribution in [0.1, 0.15) is 43.5 Å². The van der Waals surface area contributed by atoms with Gasteiger partial charge >= 0.3 is 6.03 Å². The van der Waals surface area contributed by atoms with Crippen LogP contribution < -0.4 is 15.5 Å². The van der Waals surface area contributed by atoms with Crippen molar-refractivity contribution in [2.24, 2.45) is 0 Å². The zero-order valence-corrected chi connectivity index (χ0v) is 16.0. The van der Waals surface area contributed by atoms with E-state index in [-0.39, 0.29) is 11.9 Å². The second-order valence-electron chi connectivity index (χ2n) is 6.90. The number of unbranched alkanes of at least 4 members (excludes halogenated alkanes) is 1. The Labute approximate surface area is 158 Å². The number of imide groups is 1. The fourth-order valence-electron chi connectivity index (χ4n) is 3.41. The maximum atomic E-state index is 12.1. The van der Waals surface area contributed by atoms with Gasteiger partial charge in [0.25, 0.3) is 5.91 Å². The van der Waals surface area contributed by atoms with Gasteiger partial charge in [0.15, 0.2) is 6.54 Å². The minimum atomic E-state index is -0.386. The molecule has 1 saturated heterocycles. The molecule has 2 aromatic rings. The van der Waals surface area contributed by atoms with Gasteiger partial charge in [0.2, 0.25) is 0 Å². The topological polar surface area (TPSA) is 75.5 Å². The molecule has 3 amide bonds. The summed E-state index contributed by atoms with van der Waals surface area (Å²) < 4.78 is 1.22. The number of nitrogens with one attached hydrogen (secondary N) is 3. The van der Waals surface area contributed by atoms with Gasteiger partial charge in [-0.2, -0.15) is 0 Å². The zero-order chi connectivity index (χ0) is 18.4. The number of quaternary nitrogens is 1. The number of carbonyl (C=O) groups excluding carboxylic acids is 2. The fourth-order valence-corrected chi connectivity index (χ4v) is 4.51. The highest BCUT2D eigenvalue weighted by Crippen LogP contribution is 2.30. The number of benzene rings is 1. The molecular formula is C19H27N4O2S+. The van der Waals surface area contributed by atoms with E-state index in [1.165, 1.54) is 14.6 Å². The lowest BCUT2D eigenvalue weighted by molar-refractivity contribution is -0.898. The monoisotopic (exact) mass is 375 g/mol. The van der Waals surface area contributed by atoms with Gasteiger partial charge < -0.3 is 10.2 Å². The van der Waals surface area contributed by atoms with Crippen molar-refractivity contribution in [1.29, 1.82) is 0 Å². The largest absolute Gasteiger partial charge is 0.338 e. The van der Waals surface area contributed by atoms with Crippen LogP contribution in [0.4, 0.5) is 4.79 Å². The summed E-state index contributed by atoms with van der Waals surface area (Å²) in [6.45, 7) is 4.86. The van der Waals surface area contributed by atoms with Gasteiger partial charge in [-0.3, -0.25) is 10.1 Å². The molecule has 140 valence electrons. The zero-order valence-electron chi connectivity index (χ0n) is 15.2. The van der Waals surface area contributed by atoms with Gasteiger partial charge in [0.1, 0.15) is 5.01 Å². The minimum Gasteiger partial charge on any atom is -0.338 e. The number of piperidine rings is 1. The van der Waals surface area contributed by atoms with E-state index < -0.39 is 0 Å². The van der Waals surface area contributed by atoms with Gasteiger partial charge in [-0.1, -0.05) is 25.5 Å². The normalized spacial score (nSPS) is 20.0. The maximum Gasteiger partial charge on any atom is 0.321 e. The molecule has 0 spiro atoms. The molecule has 1 aromatic heterocycles. The van der Waals surface area contributed by atoms with Crippen LogP contribution in [0.2, 0.25) is 0 Å². The molecule has 1 unspecified atom stereocenters. The number of rotatable bonds is 6. The summed E-state index contributed by atoms with van der Waals surface area (Å²) >= 11 is 1.76. The van der Waals surface area contributed by atoms with Crippen molar-refractivity contribution in [3.63, 3.8) is 0 Å². The van der Waals surface area contributed by atoms with Crippen LogP contribution in [0.25, 0.3) is 10.2 Å². The van der Waals surface area contributed by atoms with Crippen LogP contribution in [0.5, 0.6) is 0 Å².